The van der Waals surface area contributed by atoms with Gasteiger partial charge in [-0.3, -0.25) is 0 Å². The second-order valence-electron chi connectivity index (χ2n) is 5.32. The number of halogens is 2. The standard InChI is InChI=1S/C17H15F2N3O/c1-11-3-5-12(6-4-11)17-21-20-16(23-17)10-22(2)13-7-8-14(18)15(19)9-13/h3-9H,10H2,1-2H3. The molecule has 0 aliphatic heterocycles. The molecule has 0 saturated heterocycles. The van der Waals surface area contributed by atoms with Gasteiger partial charge in [0.1, 0.15) is 0 Å². The van der Waals surface area contributed by atoms with Crippen molar-refractivity contribution in [2.24, 2.45) is 0 Å². The SMILES string of the molecule is Cc1ccc(-c2nnc(CN(C)c3ccc(F)c(F)c3)o2)cc1. The van der Waals surface area contributed by atoms with Gasteiger partial charge in [0.2, 0.25) is 11.8 Å². The van der Waals surface area contributed by atoms with Crippen molar-refractivity contribution in [1.82, 2.24) is 10.2 Å². The molecule has 3 aromatic rings. The van der Waals surface area contributed by atoms with E-state index in [0.29, 0.717) is 24.0 Å². The molecule has 1 heterocycles. The summed E-state index contributed by atoms with van der Waals surface area (Å²) in [6.07, 6.45) is 0. The van der Waals surface area contributed by atoms with Crippen LogP contribution >= 0.6 is 0 Å². The molecule has 0 radical (unpaired) electrons. The van der Waals surface area contributed by atoms with Crippen molar-refractivity contribution in [3.05, 3.63) is 65.6 Å². The number of hydrogen-bond donors (Lipinski definition) is 0. The summed E-state index contributed by atoms with van der Waals surface area (Å²) >= 11 is 0. The number of nitrogens with zero attached hydrogens (tertiary/aromatic N) is 3. The molecular weight excluding hydrogens is 300 g/mol. The maximum Gasteiger partial charge on any atom is 0.247 e. The number of aromatic nitrogens is 2. The molecule has 0 amide bonds. The van der Waals surface area contributed by atoms with Crippen molar-refractivity contribution in [2.45, 2.75) is 13.5 Å². The van der Waals surface area contributed by atoms with Gasteiger partial charge in [-0.15, -0.1) is 10.2 Å². The quantitative estimate of drug-likeness (QED) is 0.731. The molecule has 0 N–H and O–H groups in total. The van der Waals surface area contributed by atoms with Crippen molar-refractivity contribution in [3.8, 4) is 11.5 Å². The van der Waals surface area contributed by atoms with Gasteiger partial charge in [-0.1, -0.05) is 17.7 Å². The van der Waals surface area contributed by atoms with Crippen molar-refractivity contribution >= 4 is 5.69 Å². The first-order chi connectivity index (χ1) is 11.0. The highest BCUT2D eigenvalue weighted by molar-refractivity contribution is 5.53. The van der Waals surface area contributed by atoms with Crippen LogP contribution in [-0.4, -0.2) is 17.2 Å². The zero-order valence-electron chi connectivity index (χ0n) is 12.8. The third kappa shape index (κ3) is 3.36. The maximum atomic E-state index is 13.3. The van der Waals surface area contributed by atoms with E-state index in [4.69, 9.17) is 4.42 Å². The van der Waals surface area contributed by atoms with Crippen molar-refractivity contribution < 1.29 is 13.2 Å². The third-order valence-corrected chi connectivity index (χ3v) is 3.48. The van der Waals surface area contributed by atoms with Crippen LogP contribution in [0.4, 0.5) is 14.5 Å². The molecule has 3 rings (SSSR count). The fraction of sp³-hybridized carbons (Fsp3) is 0.176. The van der Waals surface area contributed by atoms with Crippen LogP contribution in [0.15, 0.2) is 46.9 Å². The number of rotatable bonds is 4. The summed E-state index contributed by atoms with van der Waals surface area (Å²) in [7, 11) is 1.74. The Balaban J connectivity index is 1.75. The van der Waals surface area contributed by atoms with E-state index in [1.54, 1.807) is 11.9 Å². The summed E-state index contributed by atoms with van der Waals surface area (Å²) < 4.78 is 31.9. The molecular formula is C17H15F2N3O. The van der Waals surface area contributed by atoms with Crippen LogP contribution < -0.4 is 4.90 Å². The first-order valence-electron chi connectivity index (χ1n) is 7.08. The van der Waals surface area contributed by atoms with Crippen molar-refractivity contribution in [1.29, 1.82) is 0 Å². The Labute approximate surface area is 132 Å². The van der Waals surface area contributed by atoms with E-state index in [-0.39, 0.29) is 0 Å². The monoisotopic (exact) mass is 315 g/mol. The van der Waals surface area contributed by atoms with Crippen LogP contribution in [-0.2, 0) is 6.54 Å². The summed E-state index contributed by atoms with van der Waals surface area (Å²) in [6.45, 7) is 2.30. The Bertz CT molecular complexity index is 815. The number of benzene rings is 2. The van der Waals surface area contributed by atoms with Crippen molar-refractivity contribution in [2.75, 3.05) is 11.9 Å². The number of hydrogen-bond acceptors (Lipinski definition) is 4. The van der Waals surface area contributed by atoms with Crippen LogP contribution in [0.1, 0.15) is 11.5 Å². The van der Waals surface area contributed by atoms with E-state index in [2.05, 4.69) is 10.2 Å². The van der Waals surface area contributed by atoms with E-state index in [1.165, 1.54) is 6.07 Å². The molecule has 23 heavy (non-hydrogen) atoms. The molecule has 2 aromatic carbocycles. The zero-order chi connectivity index (χ0) is 16.4. The van der Waals surface area contributed by atoms with Gasteiger partial charge in [0.25, 0.3) is 0 Å². The molecule has 0 spiro atoms. The molecule has 4 nitrogen and oxygen atoms in total. The molecule has 0 unspecified atom stereocenters. The summed E-state index contributed by atoms with van der Waals surface area (Å²) in [5.74, 6) is -0.937. The normalized spacial score (nSPS) is 10.8. The second kappa shape index (κ2) is 6.16. The van der Waals surface area contributed by atoms with Crippen LogP contribution in [0.3, 0.4) is 0 Å². The highest BCUT2D eigenvalue weighted by atomic mass is 19.2. The molecule has 118 valence electrons. The van der Waals surface area contributed by atoms with E-state index in [9.17, 15) is 8.78 Å². The first-order valence-corrected chi connectivity index (χ1v) is 7.08. The Morgan fingerprint density at radius 3 is 2.43 bits per heavy atom. The van der Waals surface area contributed by atoms with E-state index in [0.717, 1.165) is 23.3 Å². The third-order valence-electron chi connectivity index (χ3n) is 3.48. The van der Waals surface area contributed by atoms with Crippen LogP contribution in [0.25, 0.3) is 11.5 Å². The minimum Gasteiger partial charge on any atom is -0.419 e. The number of aryl methyl sites for hydroxylation is 1. The average Bonchev–Trinajstić information content (AvgIpc) is 2.99. The lowest BCUT2D eigenvalue weighted by Crippen LogP contribution is -2.16. The largest absolute Gasteiger partial charge is 0.419 e. The summed E-state index contributed by atoms with van der Waals surface area (Å²) in [4.78, 5) is 1.70. The second-order valence-corrected chi connectivity index (χ2v) is 5.32. The summed E-state index contributed by atoms with van der Waals surface area (Å²) in [5, 5.41) is 8.01. The lowest BCUT2D eigenvalue weighted by Gasteiger charge is -2.16. The van der Waals surface area contributed by atoms with E-state index in [1.807, 2.05) is 31.2 Å². The van der Waals surface area contributed by atoms with Gasteiger partial charge in [-0.2, -0.15) is 0 Å². The molecule has 0 aliphatic carbocycles. The molecule has 0 aliphatic rings. The van der Waals surface area contributed by atoms with Gasteiger partial charge in [-0.25, -0.2) is 8.78 Å². The van der Waals surface area contributed by atoms with Crippen molar-refractivity contribution in [3.63, 3.8) is 0 Å². The minimum absolute atomic E-state index is 0.296. The van der Waals surface area contributed by atoms with Gasteiger partial charge in [0.05, 0.1) is 6.54 Å². The lowest BCUT2D eigenvalue weighted by atomic mass is 10.1. The van der Waals surface area contributed by atoms with Crippen LogP contribution in [0, 0.1) is 18.6 Å². The van der Waals surface area contributed by atoms with Gasteiger partial charge in [-0.05, 0) is 31.2 Å². The van der Waals surface area contributed by atoms with Gasteiger partial charge in [0.15, 0.2) is 11.6 Å². The number of anilines is 1. The molecule has 6 heteroatoms. The molecule has 1 aromatic heterocycles. The smallest absolute Gasteiger partial charge is 0.247 e. The van der Waals surface area contributed by atoms with Gasteiger partial charge >= 0.3 is 0 Å². The highest BCUT2D eigenvalue weighted by Crippen LogP contribution is 2.21. The Morgan fingerprint density at radius 1 is 1.00 bits per heavy atom. The summed E-state index contributed by atoms with van der Waals surface area (Å²) in [5.41, 5.74) is 2.51. The molecule has 0 bridgehead atoms. The fourth-order valence-electron chi connectivity index (χ4n) is 2.15. The zero-order valence-corrected chi connectivity index (χ0v) is 12.8. The molecule has 0 atom stereocenters. The van der Waals surface area contributed by atoms with Gasteiger partial charge < -0.3 is 9.32 Å². The topological polar surface area (TPSA) is 42.2 Å². The summed E-state index contributed by atoms with van der Waals surface area (Å²) in [6, 6.07) is 11.5. The Morgan fingerprint density at radius 2 is 1.74 bits per heavy atom. The fourth-order valence-corrected chi connectivity index (χ4v) is 2.15. The predicted octanol–water partition coefficient (Wildman–Crippen LogP) is 3.96. The van der Waals surface area contributed by atoms with Gasteiger partial charge in [0, 0.05) is 24.4 Å². The maximum absolute atomic E-state index is 13.3. The Kier molecular flexibility index (Phi) is 4.06. The molecule has 0 saturated carbocycles. The average molecular weight is 315 g/mol. The van der Waals surface area contributed by atoms with E-state index < -0.39 is 11.6 Å². The molecule has 0 fully saturated rings. The predicted molar refractivity (Wildman–Crippen MR) is 82.9 cm³/mol. The minimum atomic E-state index is -0.889. The Hall–Kier alpha value is -2.76. The van der Waals surface area contributed by atoms with Crippen LogP contribution in [0.5, 0.6) is 0 Å². The van der Waals surface area contributed by atoms with Crippen LogP contribution in [0.2, 0.25) is 0 Å². The van der Waals surface area contributed by atoms with E-state index >= 15 is 0 Å². The lowest BCUT2D eigenvalue weighted by molar-refractivity contribution is 0.499. The highest BCUT2D eigenvalue weighted by Gasteiger charge is 2.12. The first kappa shape index (κ1) is 15.1.